The molecular weight excluding hydrogens is 288 g/mol. The van der Waals surface area contributed by atoms with Gasteiger partial charge >= 0.3 is 17.9 Å². The summed E-state index contributed by atoms with van der Waals surface area (Å²) in [6.45, 7) is 3.00. The number of carbonyl (C=O) groups is 3. The molecule has 120 valence electrons. The van der Waals surface area contributed by atoms with E-state index in [0.29, 0.717) is 0 Å². The van der Waals surface area contributed by atoms with Crippen LogP contribution < -0.4 is 0 Å². The quantitative estimate of drug-likeness (QED) is 0.470. The van der Waals surface area contributed by atoms with Gasteiger partial charge in [0.25, 0.3) is 0 Å². The van der Waals surface area contributed by atoms with Crippen molar-refractivity contribution in [2.75, 3.05) is 6.61 Å². The highest BCUT2D eigenvalue weighted by molar-refractivity contribution is 5.67. The fourth-order valence-corrected chi connectivity index (χ4v) is 1.89. The van der Waals surface area contributed by atoms with E-state index in [1.807, 2.05) is 0 Å². The molecule has 0 bridgehead atoms. The summed E-state index contributed by atoms with van der Waals surface area (Å²) in [6, 6.07) is 0. The SMILES string of the molecule is CC(=O)OC[C@H]1O[C@H](O)[C@@H](OC(C)=O)[C@@H](OC(C)=O)[C@@H]1O. The minimum atomic E-state index is -1.64. The number of esters is 3. The Labute approximate surface area is 120 Å². The van der Waals surface area contributed by atoms with Crippen LogP contribution in [-0.4, -0.2) is 65.4 Å². The summed E-state index contributed by atoms with van der Waals surface area (Å²) in [6.07, 6.45) is -6.92. The largest absolute Gasteiger partial charge is 0.463 e. The summed E-state index contributed by atoms with van der Waals surface area (Å²) in [5.74, 6) is -2.09. The third-order valence-electron chi connectivity index (χ3n) is 2.69. The van der Waals surface area contributed by atoms with Gasteiger partial charge in [-0.3, -0.25) is 14.4 Å². The van der Waals surface area contributed by atoms with Gasteiger partial charge in [0, 0.05) is 20.8 Å². The molecule has 0 spiro atoms. The van der Waals surface area contributed by atoms with Gasteiger partial charge in [-0.1, -0.05) is 0 Å². The van der Waals surface area contributed by atoms with E-state index in [2.05, 4.69) is 4.74 Å². The Balaban J connectivity index is 2.87. The maximum absolute atomic E-state index is 11.1. The number of aliphatic hydroxyl groups is 2. The molecule has 9 heteroatoms. The van der Waals surface area contributed by atoms with E-state index in [0.717, 1.165) is 20.8 Å². The van der Waals surface area contributed by atoms with Crippen molar-refractivity contribution in [3.63, 3.8) is 0 Å². The molecule has 0 radical (unpaired) electrons. The fourth-order valence-electron chi connectivity index (χ4n) is 1.89. The van der Waals surface area contributed by atoms with Crippen LogP contribution in [0.4, 0.5) is 0 Å². The second-order valence-corrected chi connectivity index (χ2v) is 4.51. The highest BCUT2D eigenvalue weighted by atomic mass is 16.7. The van der Waals surface area contributed by atoms with Gasteiger partial charge in [-0.25, -0.2) is 0 Å². The third-order valence-corrected chi connectivity index (χ3v) is 2.69. The first kappa shape index (κ1) is 17.3. The molecule has 0 aromatic rings. The van der Waals surface area contributed by atoms with E-state index in [-0.39, 0.29) is 6.61 Å². The molecular formula is C12H18O9. The van der Waals surface area contributed by atoms with Crippen molar-refractivity contribution in [3.05, 3.63) is 0 Å². The fraction of sp³-hybridized carbons (Fsp3) is 0.750. The van der Waals surface area contributed by atoms with Crippen LogP contribution in [0, 0.1) is 0 Å². The zero-order valence-electron chi connectivity index (χ0n) is 11.8. The van der Waals surface area contributed by atoms with E-state index in [1.165, 1.54) is 0 Å². The summed E-state index contributed by atoms with van der Waals surface area (Å²) in [4.78, 5) is 32.9. The Bertz CT molecular complexity index is 408. The van der Waals surface area contributed by atoms with E-state index in [9.17, 15) is 24.6 Å². The van der Waals surface area contributed by atoms with Crippen LogP contribution in [0.1, 0.15) is 20.8 Å². The molecule has 1 fully saturated rings. The lowest BCUT2D eigenvalue weighted by molar-refractivity contribution is -0.293. The van der Waals surface area contributed by atoms with Gasteiger partial charge in [-0.2, -0.15) is 0 Å². The van der Waals surface area contributed by atoms with Crippen LogP contribution in [0.25, 0.3) is 0 Å². The Kier molecular flexibility index (Phi) is 6.06. The predicted octanol–water partition coefficient (Wildman–Crippen LogP) is -1.51. The Morgan fingerprint density at radius 1 is 0.952 bits per heavy atom. The Morgan fingerprint density at radius 2 is 1.48 bits per heavy atom. The molecule has 0 saturated carbocycles. The molecule has 1 aliphatic heterocycles. The summed E-state index contributed by atoms with van der Waals surface area (Å²) in [7, 11) is 0. The molecule has 2 N–H and O–H groups in total. The van der Waals surface area contributed by atoms with Crippen molar-refractivity contribution in [1.82, 2.24) is 0 Å². The average molecular weight is 306 g/mol. The second-order valence-electron chi connectivity index (χ2n) is 4.51. The van der Waals surface area contributed by atoms with E-state index in [1.54, 1.807) is 0 Å². The Hall–Kier alpha value is -1.71. The van der Waals surface area contributed by atoms with E-state index < -0.39 is 48.6 Å². The topological polar surface area (TPSA) is 129 Å². The summed E-state index contributed by atoms with van der Waals surface area (Å²) in [5.41, 5.74) is 0. The lowest BCUT2D eigenvalue weighted by Crippen LogP contribution is -2.61. The lowest BCUT2D eigenvalue weighted by Gasteiger charge is -2.41. The summed E-state index contributed by atoms with van der Waals surface area (Å²) >= 11 is 0. The highest BCUT2D eigenvalue weighted by Crippen LogP contribution is 2.25. The molecule has 0 aliphatic carbocycles. The molecule has 5 atom stereocenters. The highest BCUT2D eigenvalue weighted by Gasteiger charge is 2.49. The van der Waals surface area contributed by atoms with Crippen molar-refractivity contribution in [3.8, 4) is 0 Å². The molecule has 0 amide bonds. The van der Waals surface area contributed by atoms with Gasteiger partial charge in [-0.05, 0) is 0 Å². The maximum atomic E-state index is 11.1. The monoisotopic (exact) mass is 306 g/mol. The van der Waals surface area contributed by atoms with Crippen LogP contribution in [0.3, 0.4) is 0 Å². The third kappa shape index (κ3) is 4.96. The molecule has 0 aromatic heterocycles. The van der Waals surface area contributed by atoms with Crippen molar-refractivity contribution in [1.29, 1.82) is 0 Å². The molecule has 1 heterocycles. The normalized spacial score (nSPS) is 32.1. The van der Waals surface area contributed by atoms with Crippen molar-refractivity contribution in [2.45, 2.75) is 51.5 Å². The van der Waals surface area contributed by atoms with Crippen molar-refractivity contribution in [2.24, 2.45) is 0 Å². The van der Waals surface area contributed by atoms with Gasteiger partial charge < -0.3 is 29.2 Å². The first-order chi connectivity index (χ1) is 9.72. The van der Waals surface area contributed by atoms with E-state index in [4.69, 9.17) is 14.2 Å². The first-order valence-electron chi connectivity index (χ1n) is 6.21. The van der Waals surface area contributed by atoms with Crippen LogP contribution in [0.5, 0.6) is 0 Å². The summed E-state index contributed by atoms with van der Waals surface area (Å²) < 4.78 is 19.4. The molecule has 0 aromatic carbocycles. The van der Waals surface area contributed by atoms with E-state index >= 15 is 0 Å². The zero-order valence-corrected chi connectivity index (χ0v) is 11.8. The summed E-state index contributed by atoms with van der Waals surface area (Å²) in [5, 5.41) is 19.9. The molecule has 1 aliphatic rings. The van der Waals surface area contributed by atoms with Gasteiger partial charge in [0.1, 0.15) is 18.8 Å². The second kappa shape index (κ2) is 7.34. The standard InChI is InChI=1S/C12H18O9/c1-5(13)18-4-8-9(16)10(19-6(2)14)11(12(17)21-8)20-7(3)15/h8-12,16-17H,4H2,1-3H3/t8-,9-,10+,11+,12+/m1/s1. The van der Waals surface area contributed by atoms with Crippen molar-refractivity contribution < 1.29 is 43.5 Å². The minimum Gasteiger partial charge on any atom is -0.463 e. The van der Waals surface area contributed by atoms with Gasteiger partial charge in [-0.15, -0.1) is 0 Å². The molecule has 9 nitrogen and oxygen atoms in total. The van der Waals surface area contributed by atoms with Gasteiger partial charge in [0.05, 0.1) is 0 Å². The number of hydrogen-bond acceptors (Lipinski definition) is 9. The predicted molar refractivity (Wildman–Crippen MR) is 64.6 cm³/mol. The molecule has 21 heavy (non-hydrogen) atoms. The van der Waals surface area contributed by atoms with Crippen LogP contribution in [-0.2, 0) is 33.3 Å². The number of hydrogen-bond donors (Lipinski definition) is 2. The van der Waals surface area contributed by atoms with Crippen LogP contribution in [0.2, 0.25) is 0 Å². The van der Waals surface area contributed by atoms with Crippen molar-refractivity contribution >= 4 is 17.9 Å². The molecule has 0 unspecified atom stereocenters. The average Bonchev–Trinajstić information content (AvgIpc) is 2.35. The number of rotatable bonds is 4. The number of carbonyl (C=O) groups excluding carboxylic acids is 3. The number of ether oxygens (including phenoxy) is 4. The first-order valence-corrected chi connectivity index (χ1v) is 6.21. The van der Waals surface area contributed by atoms with Gasteiger partial charge in [0.2, 0.25) is 0 Å². The number of aliphatic hydroxyl groups excluding tert-OH is 2. The maximum Gasteiger partial charge on any atom is 0.303 e. The van der Waals surface area contributed by atoms with Crippen LogP contribution in [0.15, 0.2) is 0 Å². The molecule has 1 rings (SSSR count). The smallest absolute Gasteiger partial charge is 0.303 e. The lowest BCUT2D eigenvalue weighted by atomic mass is 9.98. The zero-order chi connectivity index (χ0) is 16.2. The Morgan fingerprint density at radius 3 is 1.95 bits per heavy atom. The molecule has 1 saturated heterocycles. The van der Waals surface area contributed by atoms with Gasteiger partial charge in [0.15, 0.2) is 18.5 Å². The minimum absolute atomic E-state index is 0.349. The van der Waals surface area contributed by atoms with Crippen LogP contribution >= 0.6 is 0 Å².